The van der Waals surface area contributed by atoms with Crippen LogP contribution in [0.3, 0.4) is 0 Å². The third kappa shape index (κ3) is 5.62. The molecule has 152 valence electrons. The van der Waals surface area contributed by atoms with Crippen molar-refractivity contribution in [1.82, 2.24) is 5.43 Å². The maximum atomic E-state index is 12.5. The van der Waals surface area contributed by atoms with Gasteiger partial charge < -0.3 is 9.84 Å². The Morgan fingerprint density at radius 3 is 2.57 bits per heavy atom. The van der Waals surface area contributed by atoms with E-state index in [9.17, 15) is 14.7 Å². The number of halogens is 1. The number of nitrogens with one attached hydrogen (secondary N) is 1. The highest BCUT2D eigenvalue weighted by atomic mass is 79.9. The summed E-state index contributed by atoms with van der Waals surface area (Å²) >= 11 is 3.36. The first-order valence-electron chi connectivity index (χ1n) is 9.08. The summed E-state index contributed by atoms with van der Waals surface area (Å²) in [6, 6.07) is 20.7. The molecular weight excluding hydrogens is 448 g/mol. The molecule has 3 aromatic carbocycles. The summed E-state index contributed by atoms with van der Waals surface area (Å²) in [6.07, 6.45) is 0.00338. The molecule has 30 heavy (non-hydrogen) atoms. The topological polar surface area (TPSA) is 88.0 Å². The Labute approximate surface area is 182 Å². The Hall–Kier alpha value is -3.29. The van der Waals surface area contributed by atoms with E-state index >= 15 is 0 Å². The second kappa shape index (κ2) is 9.96. The molecule has 6 nitrogen and oxygen atoms in total. The Bertz CT molecular complexity index is 1080. The number of hydrogen-bond acceptors (Lipinski definition) is 5. The molecule has 0 aliphatic carbocycles. The minimum absolute atomic E-state index is 0.284. The van der Waals surface area contributed by atoms with E-state index in [-0.39, 0.29) is 5.75 Å². The molecule has 2 N–H and O–H groups in total. The van der Waals surface area contributed by atoms with Crippen molar-refractivity contribution in [1.29, 1.82) is 0 Å². The first-order valence-corrected chi connectivity index (χ1v) is 9.87. The quantitative estimate of drug-likeness (QED) is 0.247. The van der Waals surface area contributed by atoms with Gasteiger partial charge in [0.15, 0.2) is 6.10 Å². The first-order chi connectivity index (χ1) is 14.4. The van der Waals surface area contributed by atoms with Gasteiger partial charge in [-0.15, -0.1) is 0 Å². The number of aliphatic hydroxyl groups is 1. The lowest BCUT2D eigenvalue weighted by molar-refractivity contribution is -0.129. The highest BCUT2D eigenvalue weighted by Gasteiger charge is 2.16. The normalized spacial score (nSPS) is 11.8. The van der Waals surface area contributed by atoms with Crippen LogP contribution < -0.4 is 10.2 Å². The van der Waals surface area contributed by atoms with Crippen LogP contribution in [0.15, 0.2) is 82.4 Å². The van der Waals surface area contributed by atoms with E-state index in [2.05, 4.69) is 26.5 Å². The van der Waals surface area contributed by atoms with Crippen LogP contribution in [-0.2, 0) is 4.79 Å². The largest absolute Gasteiger partial charge is 0.422 e. The second-order valence-corrected chi connectivity index (χ2v) is 7.40. The molecule has 0 heterocycles. The van der Waals surface area contributed by atoms with Gasteiger partial charge in [-0.3, -0.25) is 4.79 Å². The van der Waals surface area contributed by atoms with Crippen LogP contribution in [0.4, 0.5) is 0 Å². The Balaban J connectivity index is 1.72. The van der Waals surface area contributed by atoms with E-state index in [1.54, 1.807) is 66.7 Å². The summed E-state index contributed by atoms with van der Waals surface area (Å²) in [5.41, 5.74) is 4.60. The highest BCUT2D eigenvalue weighted by Crippen LogP contribution is 2.23. The van der Waals surface area contributed by atoms with Gasteiger partial charge in [-0.2, -0.15) is 5.10 Å². The minimum Gasteiger partial charge on any atom is -0.422 e. The van der Waals surface area contributed by atoms with Crippen molar-refractivity contribution in [2.45, 2.75) is 13.0 Å². The predicted octanol–water partition coefficient (Wildman–Crippen LogP) is 4.16. The lowest BCUT2D eigenvalue weighted by Gasteiger charge is -2.10. The fraction of sp³-hybridized carbons (Fsp3) is 0.0870. The number of hydrazone groups is 1. The fourth-order valence-corrected chi connectivity index (χ4v) is 3.04. The van der Waals surface area contributed by atoms with Gasteiger partial charge >= 0.3 is 5.97 Å². The molecule has 0 bridgehead atoms. The molecule has 0 saturated heterocycles. The molecule has 3 rings (SSSR count). The van der Waals surface area contributed by atoms with Crippen LogP contribution in [0.5, 0.6) is 5.75 Å². The molecule has 1 amide bonds. The summed E-state index contributed by atoms with van der Waals surface area (Å²) in [7, 11) is 0. The minimum atomic E-state index is -1.34. The zero-order chi connectivity index (χ0) is 21.5. The van der Waals surface area contributed by atoms with Crippen molar-refractivity contribution in [2.24, 2.45) is 5.10 Å². The standard InChI is InChI=1S/C23H19BrN2O4/c1-15-6-5-9-17(12-15)23(29)30-20-11-10-19(24)13-18(20)14-25-26-22(28)21(27)16-7-3-2-4-8-16/h2-14,21,27H,1H3,(H,26,28)/b25-14-/t21-/m0/s1. The molecule has 1 atom stereocenters. The van der Waals surface area contributed by atoms with Gasteiger partial charge in [0.1, 0.15) is 5.75 Å². The number of rotatable bonds is 6. The number of ether oxygens (including phenoxy) is 1. The molecule has 0 aromatic heterocycles. The number of aryl methyl sites for hydroxylation is 1. The van der Waals surface area contributed by atoms with Gasteiger partial charge in [0, 0.05) is 10.0 Å². The van der Waals surface area contributed by atoms with Crippen molar-refractivity contribution in [3.63, 3.8) is 0 Å². The van der Waals surface area contributed by atoms with Gasteiger partial charge in [0.25, 0.3) is 5.91 Å². The van der Waals surface area contributed by atoms with Crippen molar-refractivity contribution in [2.75, 3.05) is 0 Å². The predicted molar refractivity (Wildman–Crippen MR) is 117 cm³/mol. The average molecular weight is 467 g/mol. The number of amides is 1. The number of nitrogens with zero attached hydrogens (tertiary/aromatic N) is 1. The van der Waals surface area contributed by atoms with Gasteiger partial charge in [0.2, 0.25) is 0 Å². The molecule has 0 spiro atoms. The lowest BCUT2D eigenvalue weighted by atomic mass is 10.1. The molecule has 3 aromatic rings. The molecule has 0 unspecified atom stereocenters. The summed E-state index contributed by atoms with van der Waals surface area (Å²) in [5, 5.41) is 14.0. The Morgan fingerprint density at radius 1 is 1.07 bits per heavy atom. The van der Waals surface area contributed by atoms with Crippen LogP contribution in [0.25, 0.3) is 0 Å². The number of aliphatic hydroxyl groups excluding tert-OH is 1. The van der Waals surface area contributed by atoms with Crippen LogP contribution >= 0.6 is 15.9 Å². The van der Waals surface area contributed by atoms with Crippen molar-refractivity contribution >= 4 is 34.0 Å². The molecule has 7 heteroatoms. The van der Waals surface area contributed by atoms with Crippen molar-refractivity contribution < 1.29 is 19.4 Å². The summed E-state index contributed by atoms with van der Waals surface area (Å²) < 4.78 is 6.25. The molecule has 0 radical (unpaired) electrons. The summed E-state index contributed by atoms with van der Waals surface area (Å²) in [4.78, 5) is 24.6. The van der Waals surface area contributed by atoms with Gasteiger partial charge in [-0.1, -0.05) is 64.0 Å². The monoisotopic (exact) mass is 466 g/mol. The molecule has 0 saturated carbocycles. The maximum absolute atomic E-state index is 12.5. The summed E-state index contributed by atoms with van der Waals surface area (Å²) in [6.45, 7) is 1.89. The van der Waals surface area contributed by atoms with Crippen LogP contribution in [0.2, 0.25) is 0 Å². The SMILES string of the molecule is Cc1cccc(C(=O)Oc2ccc(Br)cc2/C=N\NC(=O)[C@@H](O)c2ccccc2)c1. The second-order valence-electron chi connectivity index (χ2n) is 6.49. The van der Waals surface area contributed by atoms with Gasteiger partial charge in [-0.25, -0.2) is 10.2 Å². The third-order valence-electron chi connectivity index (χ3n) is 4.17. The molecule has 0 aliphatic heterocycles. The summed E-state index contributed by atoms with van der Waals surface area (Å²) in [5.74, 6) is -0.892. The lowest BCUT2D eigenvalue weighted by Crippen LogP contribution is -2.25. The zero-order valence-corrected chi connectivity index (χ0v) is 17.7. The average Bonchev–Trinajstić information content (AvgIpc) is 2.75. The number of benzene rings is 3. The van der Waals surface area contributed by atoms with E-state index in [0.717, 1.165) is 10.0 Å². The Kier molecular flexibility index (Phi) is 7.11. The van der Waals surface area contributed by atoms with E-state index in [1.807, 2.05) is 13.0 Å². The molecule has 0 aliphatic rings. The number of hydrogen-bond donors (Lipinski definition) is 2. The number of carbonyl (C=O) groups excluding carboxylic acids is 2. The van der Waals surface area contributed by atoms with Crippen molar-refractivity contribution in [3.05, 3.63) is 99.5 Å². The highest BCUT2D eigenvalue weighted by molar-refractivity contribution is 9.10. The zero-order valence-electron chi connectivity index (χ0n) is 16.1. The van der Waals surface area contributed by atoms with Crippen LogP contribution in [0, 0.1) is 6.92 Å². The fourth-order valence-electron chi connectivity index (χ4n) is 2.66. The smallest absolute Gasteiger partial charge is 0.343 e. The third-order valence-corrected chi connectivity index (χ3v) is 4.66. The van der Waals surface area contributed by atoms with Gasteiger partial charge in [0.05, 0.1) is 11.8 Å². The molecule has 0 fully saturated rings. The van der Waals surface area contributed by atoms with E-state index in [1.165, 1.54) is 6.21 Å². The number of esters is 1. The van der Waals surface area contributed by atoms with E-state index < -0.39 is 18.0 Å². The molecular formula is C23H19BrN2O4. The van der Waals surface area contributed by atoms with E-state index in [4.69, 9.17) is 4.74 Å². The van der Waals surface area contributed by atoms with Crippen LogP contribution in [0.1, 0.15) is 33.2 Å². The van der Waals surface area contributed by atoms with Gasteiger partial charge in [-0.05, 0) is 42.8 Å². The van der Waals surface area contributed by atoms with Crippen molar-refractivity contribution in [3.8, 4) is 5.75 Å². The first kappa shape index (κ1) is 21.4. The van der Waals surface area contributed by atoms with E-state index in [0.29, 0.717) is 16.7 Å². The number of carbonyl (C=O) groups is 2. The Morgan fingerprint density at radius 2 is 1.83 bits per heavy atom. The maximum Gasteiger partial charge on any atom is 0.343 e. The van der Waals surface area contributed by atoms with Crippen LogP contribution in [-0.4, -0.2) is 23.2 Å².